The van der Waals surface area contributed by atoms with Crippen LogP contribution in [0.3, 0.4) is 0 Å². The van der Waals surface area contributed by atoms with Gasteiger partial charge in [-0.05, 0) is 31.0 Å². The Morgan fingerprint density at radius 3 is 2.27 bits per heavy atom. The molecule has 0 spiro atoms. The fourth-order valence-electron chi connectivity index (χ4n) is 1.42. The largest absolute Gasteiger partial charge is 0.477 e. The summed E-state index contributed by atoms with van der Waals surface area (Å²) in [7, 11) is 0. The number of carbonyl (C=O) groups is 1. The van der Waals surface area contributed by atoms with E-state index in [1.54, 1.807) is 6.92 Å². The molecule has 5 heteroatoms. The average molecular weight is 218 g/mol. The second-order valence-corrected chi connectivity index (χ2v) is 3.32. The van der Waals surface area contributed by atoms with Gasteiger partial charge in [0.05, 0.1) is 5.56 Å². The Morgan fingerprint density at radius 2 is 1.87 bits per heavy atom. The molecule has 1 N–H and O–H groups in total. The van der Waals surface area contributed by atoms with Crippen molar-refractivity contribution in [1.29, 1.82) is 0 Å². The molecular formula is C10H9F3O2. The van der Waals surface area contributed by atoms with Crippen LogP contribution in [-0.4, -0.2) is 11.1 Å². The number of hydrogen-bond acceptors (Lipinski definition) is 1. The summed E-state index contributed by atoms with van der Waals surface area (Å²) in [5, 5.41) is 8.30. The molecule has 0 aliphatic carbocycles. The van der Waals surface area contributed by atoms with Crippen LogP contribution in [0.15, 0.2) is 12.1 Å². The third kappa shape index (κ3) is 1.95. The van der Waals surface area contributed by atoms with E-state index in [0.717, 1.165) is 6.07 Å². The lowest BCUT2D eigenvalue weighted by Gasteiger charge is -2.15. The van der Waals surface area contributed by atoms with E-state index in [0.29, 0.717) is 5.56 Å². The molecule has 1 aromatic carbocycles. The van der Waals surface area contributed by atoms with Crippen molar-refractivity contribution in [3.05, 3.63) is 34.6 Å². The Morgan fingerprint density at radius 1 is 1.33 bits per heavy atom. The van der Waals surface area contributed by atoms with Gasteiger partial charge in [-0.1, -0.05) is 6.07 Å². The summed E-state index contributed by atoms with van der Waals surface area (Å²) in [5.74, 6) is -7.74. The van der Waals surface area contributed by atoms with Crippen LogP contribution in [0.1, 0.15) is 16.7 Å². The lowest BCUT2D eigenvalue weighted by molar-refractivity contribution is -0.166. The van der Waals surface area contributed by atoms with Crippen LogP contribution in [0.5, 0.6) is 0 Å². The number of halogens is 3. The number of benzene rings is 1. The van der Waals surface area contributed by atoms with E-state index in [1.165, 1.54) is 13.0 Å². The highest BCUT2D eigenvalue weighted by atomic mass is 19.3. The predicted octanol–water partition coefficient (Wildman–Crippen LogP) is 2.62. The summed E-state index contributed by atoms with van der Waals surface area (Å²) in [4.78, 5) is 10.3. The van der Waals surface area contributed by atoms with Gasteiger partial charge >= 0.3 is 11.9 Å². The quantitative estimate of drug-likeness (QED) is 0.828. The lowest BCUT2D eigenvalue weighted by Crippen LogP contribution is -2.27. The second kappa shape index (κ2) is 3.56. The molecule has 15 heavy (non-hydrogen) atoms. The third-order valence-electron chi connectivity index (χ3n) is 2.01. The van der Waals surface area contributed by atoms with Crippen LogP contribution in [-0.2, 0) is 10.7 Å². The summed E-state index contributed by atoms with van der Waals surface area (Å²) in [6.07, 6.45) is 0. The summed E-state index contributed by atoms with van der Waals surface area (Å²) in [5.41, 5.74) is -0.671. The monoisotopic (exact) mass is 218 g/mol. The van der Waals surface area contributed by atoms with E-state index < -0.39 is 23.3 Å². The average Bonchev–Trinajstić information content (AvgIpc) is 2.00. The minimum Gasteiger partial charge on any atom is -0.477 e. The van der Waals surface area contributed by atoms with Crippen molar-refractivity contribution < 1.29 is 23.1 Å². The molecule has 0 aliphatic rings. The predicted molar refractivity (Wildman–Crippen MR) is 47.4 cm³/mol. The fraction of sp³-hybridized carbons (Fsp3) is 0.300. The van der Waals surface area contributed by atoms with Crippen LogP contribution in [0.2, 0.25) is 0 Å². The number of carboxylic acid groups (broad SMARTS) is 1. The number of aliphatic carboxylic acids is 1. The molecule has 1 rings (SSSR count). The zero-order valence-corrected chi connectivity index (χ0v) is 8.14. The molecule has 82 valence electrons. The van der Waals surface area contributed by atoms with E-state index in [-0.39, 0.29) is 5.56 Å². The van der Waals surface area contributed by atoms with E-state index in [2.05, 4.69) is 0 Å². The molecule has 0 bridgehead atoms. The normalized spacial score (nSPS) is 11.5. The van der Waals surface area contributed by atoms with E-state index >= 15 is 0 Å². The van der Waals surface area contributed by atoms with Crippen molar-refractivity contribution in [2.45, 2.75) is 19.8 Å². The van der Waals surface area contributed by atoms with E-state index in [4.69, 9.17) is 5.11 Å². The molecule has 0 radical (unpaired) electrons. The fourth-order valence-corrected chi connectivity index (χ4v) is 1.42. The first-order chi connectivity index (χ1) is 6.76. The van der Waals surface area contributed by atoms with Crippen molar-refractivity contribution in [2.24, 2.45) is 0 Å². The molecule has 0 aromatic heterocycles. The van der Waals surface area contributed by atoms with Gasteiger partial charge in [-0.2, -0.15) is 8.78 Å². The zero-order valence-electron chi connectivity index (χ0n) is 8.14. The van der Waals surface area contributed by atoms with Crippen LogP contribution in [0.4, 0.5) is 13.2 Å². The number of hydrogen-bond donors (Lipinski definition) is 1. The number of aryl methyl sites for hydroxylation is 2. The molecule has 0 saturated carbocycles. The summed E-state index contributed by atoms with van der Waals surface area (Å²) >= 11 is 0. The summed E-state index contributed by atoms with van der Waals surface area (Å²) in [6.45, 7) is 2.79. The van der Waals surface area contributed by atoms with Crippen molar-refractivity contribution in [3.8, 4) is 0 Å². The summed E-state index contributed by atoms with van der Waals surface area (Å²) in [6, 6.07) is 2.20. The van der Waals surface area contributed by atoms with E-state index in [1.807, 2.05) is 0 Å². The van der Waals surface area contributed by atoms with Crippen molar-refractivity contribution in [3.63, 3.8) is 0 Å². The molecule has 0 atom stereocenters. The van der Waals surface area contributed by atoms with Gasteiger partial charge in [-0.15, -0.1) is 0 Å². The van der Waals surface area contributed by atoms with Gasteiger partial charge < -0.3 is 5.11 Å². The van der Waals surface area contributed by atoms with E-state index in [9.17, 15) is 18.0 Å². The lowest BCUT2D eigenvalue weighted by atomic mass is 9.99. The van der Waals surface area contributed by atoms with Gasteiger partial charge in [-0.3, -0.25) is 0 Å². The van der Waals surface area contributed by atoms with Crippen molar-refractivity contribution in [1.82, 2.24) is 0 Å². The Labute approximate surface area is 84.3 Å². The highest BCUT2D eigenvalue weighted by molar-refractivity contribution is 5.78. The van der Waals surface area contributed by atoms with Crippen LogP contribution >= 0.6 is 0 Å². The molecular weight excluding hydrogens is 209 g/mol. The first kappa shape index (κ1) is 11.6. The first-order valence-corrected chi connectivity index (χ1v) is 4.15. The van der Waals surface area contributed by atoms with Gasteiger partial charge in [-0.25, -0.2) is 9.18 Å². The van der Waals surface area contributed by atoms with Gasteiger partial charge in [0.1, 0.15) is 5.82 Å². The molecule has 0 aliphatic heterocycles. The third-order valence-corrected chi connectivity index (χ3v) is 2.01. The Kier molecular flexibility index (Phi) is 2.75. The minimum atomic E-state index is -4.19. The zero-order chi connectivity index (χ0) is 11.8. The number of carboxylic acids is 1. The Hall–Kier alpha value is -1.52. The van der Waals surface area contributed by atoms with Crippen LogP contribution in [0, 0.1) is 19.7 Å². The molecule has 1 aromatic rings. The molecule has 0 amide bonds. The first-order valence-electron chi connectivity index (χ1n) is 4.15. The number of rotatable bonds is 2. The minimum absolute atomic E-state index is 0.0695. The SMILES string of the molecule is Cc1cc(C)c(C(F)(F)C(=O)O)c(F)c1. The Balaban J connectivity index is 3.44. The van der Waals surface area contributed by atoms with Gasteiger partial charge in [0.25, 0.3) is 0 Å². The maximum atomic E-state index is 13.2. The maximum absolute atomic E-state index is 13.2. The van der Waals surface area contributed by atoms with Gasteiger partial charge in [0.2, 0.25) is 0 Å². The molecule has 0 unspecified atom stereocenters. The van der Waals surface area contributed by atoms with Crippen LogP contribution in [0.25, 0.3) is 0 Å². The molecule has 2 nitrogen and oxygen atoms in total. The molecule has 0 saturated heterocycles. The smallest absolute Gasteiger partial charge is 0.379 e. The van der Waals surface area contributed by atoms with Gasteiger partial charge in [0.15, 0.2) is 0 Å². The molecule has 0 heterocycles. The summed E-state index contributed by atoms with van der Waals surface area (Å²) < 4.78 is 39.4. The maximum Gasteiger partial charge on any atom is 0.379 e. The number of alkyl halides is 2. The Bertz CT molecular complexity index is 390. The highest BCUT2D eigenvalue weighted by Crippen LogP contribution is 2.33. The van der Waals surface area contributed by atoms with Gasteiger partial charge in [0, 0.05) is 0 Å². The molecule has 0 fully saturated rings. The highest BCUT2D eigenvalue weighted by Gasteiger charge is 2.44. The topological polar surface area (TPSA) is 37.3 Å². The van der Waals surface area contributed by atoms with Crippen LogP contribution < -0.4 is 0 Å². The second-order valence-electron chi connectivity index (χ2n) is 3.32. The standard InChI is InChI=1S/C10H9F3O2/c1-5-3-6(2)8(7(11)4-5)10(12,13)9(14)15/h3-4H,1-2H3,(H,14,15). The van der Waals surface area contributed by atoms with Crippen molar-refractivity contribution >= 4 is 5.97 Å². The van der Waals surface area contributed by atoms with Crippen molar-refractivity contribution in [2.75, 3.05) is 0 Å².